The molecule has 2 heterocycles. The molecule has 7 rings (SSSR count). The summed E-state index contributed by atoms with van der Waals surface area (Å²) in [6, 6.07) is 0. The van der Waals surface area contributed by atoms with Gasteiger partial charge in [-0.1, -0.05) is 38.2 Å². The lowest BCUT2D eigenvalue weighted by Gasteiger charge is -2.53. The molecule has 0 aromatic carbocycles. The Morgan fingerprint density at radius 3 is 2.58 bits per heavy atom. The zero-order valence-electron chi connectivity index (χ0n) is 21.6. The second kappa shape index (κ2) is 6.61. The van der Waals surface area contributed by atoms with Crippen molar-refractivity contribution in [2.45, 2.75) is 84.0 Å². The van der Waals surface area contributed by atoms with Crippen LogP contribution in [0, 0.1) is 45.8 Å². The third-order valence-corrected chi connectivity index (χ3v) is 12.0. The van der Waals surface area contributed by atoms with E-state index in [1.807, 2.05) is 13.8 Å². The standard InChI is InChI=1S/C30H36O6/c1-14-10-22-20(11-19-15(2)21(31)12-18(14)19)29(26(33)35-22)13-27(4)8-9-30(29)24(27)23-17(6-7-28(30,5)34)16(3)25(32)36-23/h8-9,14,17-18,20,22-24,34H,3,6-7,10-13H2,1-2,4-5H3/t14-,17-,18-,20-,22-,23-,24-,27-,28+,29+,30-/m0/s1. The van der Waals surface area contributed by atoms with Crippen molar-refractivity contribution in [3.8, 4) is 0 Å². The molecule has 1 spiro atoms. The molecule has 7 aliphatic rings. The Balaban J connectivity index is 1.44. The second-order valence-electron chi connectivity index (χ2n) is 13.5. The number of hydrogen-bond acceptors (Lipinski definition) is 6. The highest BCUT2D eigenvalue weighted by Crippen LogP contribution is 2.81. The maximum absolute atomic E-state index is 14.2. The van der Waals surface area contributed by atoms with Gasteiger partial charge in [0, 0.05) is 35.2 Å². The van der Waals surface area contributed by atoms with Crippen LogP contribution in [0.1, 0.15) is 66.2 Å². The topological polar surface area (TPSA) is 89.9 Å². The van der Waals surface area contributed by atoms with Gasteiger partial charge in [-0.25, -0.2) is 4.79 Å². The Morgan fingerprint density at radius 1 is 1.08 bits per heavy atom. The number of aliphatic hydroxyl groups is 1. The molecule has 1 N–H and O–H groups in total. The fourth-order valence-corrected chi connectivity index (χ4v) is 10.5. The number of hydrogen-bond donors (Lipinski definition) is 1. The van der Waals surface area contributed by atoms with E-state index in [1.54, 1.807) is 0 Å². The summed E-state index contributed by atoms with van der Waals surface area (Å²) in [6.45, 7) is 12.2. The molecular formula is C30H36O6. The summed E-state index contributed by atoms with van der Waals surface area (Å²) in [5.41, 5.74) is -0.949. The molecule has 0 aromatic rings. The number of esters is 2. The van der Waals surface area contributed by atoms with Gasteiger partial charge in [0.1, 0.15) is 12.2 Å². The van der Waals surface area contributed by atoms with Crippen LogP contribution in [0.25, 0.3) is 0 Å². The summed E-state index contributed by atoms with van der Waals surface area (Å²) in [7, 11) is 0. The number of ketones is 1. The average molecular weight is 493 g/mol. The van der Waals surface area contributed by atoms with Gasteiger partial charge in [-0.3, -0.25) is 9.59 Å². The van der Waals surface area contributed by atoms with E-state index in [0.29, 0.717) is 37.7 Å². The normalized spacial score (nSPS) is 54.8. The van der Waals surface area contributed by atoms with Crippen LogP contribution in [0.2, 0.25) is 0 Å². The second-order valence-corrected chi connectivity index (χ2v) is 13.5. The van der Waals surface area contributed by atoms with Gasteiger partial charge >= 0.3 is 11.9 Å². The molecule has 5 fully saturated rings. The molecule has 36 heavy (non-hydrogen) atoms. The first-order valence-electron chi connectivity index (χ1n) is 13.6. The van der Waals surface area contributed by atoms with Gasteiger partial charge in [0.25, 0.3) is 0 Å². The first-order chi connectivity index (χ1) is 16.9. The molecule has 0 amide bonds. The zero-order chi connectivity index (χ0) is 25.6. The van der Waals surface area contributed by atoms with Crippen LogP contribution < -0.4 is 0 Å². The number of ether oxygens (including phenoxy) is 2. The van der Waals surface area contributed by atoms with Gasteiger partial charge in [-0.05, 0) is 68.8 Å². The molecule has 11 atom stereocenters. The quantitative estimate of drug-likeness (QED) is 0.311. The monoisotopic (exact) mass is 492 g/mol. The van der Waals surface area contributed by atoms with Crippen LogP contribution in [-0.2, 0) is 23.9 Å². The highest BCUT2D eigenvalue weighted by atomic mass is 16.6. The Labute approximate surface area is 212 Å². The Hall–Kier alpha value is -2.21. The minimum Gasteiger partial charge on any atom is -0.462 e. The van der Waals surface area contributed by atoms with E-state index in [0.717, 1.165) is 12.0 Å². The first-order valence-corrected chi connectivity index (χ1v) is 13.6. The van der Waals surface area contributed by atoms with Crippen molar-refractivity contribution >= 4 is 17.7 Å². The Morgan fingerprint density at radius 2 is 1.83 bits per heavy atom. The third-order valence-electron chi connectivity index (χ3n) is 12.0. The molecule has 0 aromatic heterocycles. The van der Waals surface area contributed by atoms with Crippen LogP contribution in [-0.4, -0.2) is 40.6 Å². The average Bonchev–Trinajstić information content (AvgIpc) is 3.46. The van der Waals surface area contributed by atoms with E-state index in [9.17, 15) is 19.5 Å². The molecule has 6 nitrogen and oxygen atoms in total. The zero-order valence-corrected chi connectivity index (χ0v) is 21.6. The highest BCUT2D eigenvalue weighted by Gasteiger charge is 2.84. The van der Waals surface area contributed by atoms with Gasteiger partial charge in [-0.2, -0.15) is 0 Å². The van der Waals surface area contributed by atoms with Crippen molar-refractivity contribution in [2.75, 3.05) is 0 Å². The van der Waals surface area contributed by atoms with Gasteiger partial charge in [-0.15, -0.1) is 0 Å². The van der Waals surface area contributed by atoms with Crippen molar-refractivity contribution < 1.29 is 29.0 Å². The van der Waals surface area contributed by atoms with Crippen molar-refractivity contribution in [3.05, 3.63) is 35.5 Å². The molecule has 2 saturated heterocycles. The van der Waals surface area contributed by atoms with E-state index in [-0.39, 0.29) is 53.4 Å². The minimum absolute atomic E-state index is 0.133. The van der Waals surface area contributed by atoms with E-state index < -0.39 is 27.9 Å². The smallest absolute Gasteiger partial charge is 0.334 e. The van der Waals surface area contributed by atoms with Crippen molar-refractivity contribution in [1.82, 2.24) is 0 Å². The fourth-order valence-electron chi connectivity index (χ4n) is 10.5. The molecule has 2 aliphatic heterocycles. The van der Waals surface area contributed by atoms with Crippen LogP contribution >= 0.6 is 0 Å². The number of rotatable bonds is 0. The van der Waals surface area contributed by atoms with Crippen LogP contribution in [0.4, 0.5) is 0 Å². The number of fused-ring (bicyclic) bond motifs is 4. The maximum atomic E-state index is 14.2. The summed E-state index contributed by atoms with van der Waals surface area (Å²) in [5.74, 6) is -0.430. The van der Waals surface area contributed by atoms with Gasteiger partial charge in [0.15, 0.2) is 5.78 Å². The molecule has 0 unspecified atom stereocenters. The lowest BCUT2D eigenvalue weighted by atomic mass is 9.49. The predicted octanol–water partition coefficient (Wildman–Crippen LogP) is 4.07. The maximum Gasteiger partial charge on any atom is 0.334 e. The summed E-state index contributed by atoms with van der Waals surface area (Å²) in [5, 5.41) is 12.4. The number of Topliss-reactive ketones (excluding diaryl/α,β-unsaturated/α-hetero) is 1. The largest absolute Gasteiger partial charge is 0.462 e. The lowest BCUT2D eigenvalue weighted by Crippen LogP contribution is -2.60. The molecule has 2 bridgehead atoms. The molecule has 0 radical (unpaired) electrons. The van der Waals surface area contributed by atoms with Gasteiger partial charge in [0.05, 0.1) is 11.0 Å². The van der Waals surface area contributed by atoms with E-state index >= 15 is 0 Å². The lowest BCUT2D eigenvalue weighted by molar-refractivity contribution is -0.175. The number of allylic oxidation sites excluding steroid dienone is 3. The summed E-state index contributed by atoms with van der Waals surface area (Å²) in [4.78, 5) is 39.7. The van der Waals surface area contributed by atoms with Crippen molar-refractivity contribution in [3.63, 3.8) is 0 Å². The van der Waals surface area contributed by atoms with Crippen molar-refractivity contribution in [2.24, 2.45) is 45.8 Å². The van der Waals surface area contributed by atoms with Crippen LogP contribution in [0.3, 0.4) is 0 Å². The summed E-state index contributed by atoms with van der Waals surface area (Å²) >= 11 is 0. The molecule has 3 saturated carbocycles. The number of carbonyl (C=O) groups is 3. The highest BCUT2D eigenvalue weighted by molar-refractivity contribution is 5.98. The Bertz CT molecular complexity index is 1210. The van der Waals surface area contributed by atoms with Gasteiger partial charge < -0.3 is 14.6 Å². The third kappa shape index (κ3) is 2.29. The minimum atomic E-state index is -1.19. The summed E-state index contributed by atoms with van der Waals surface area (Å²) in [6.07, 6.45) is 7.15. The van der Waals surface area contributed by atoms with E-state index in [4.69, 9.17) is 9.47 Å². The summed E-state index contributed by atoms with van der Waals surface area (Å²) < 4.78 is 12.3. The SMILES string of the molecule is C=C1C(=O)O[C@@H]2[C@@H]3[C@@]4(C=C[C@@]3(C)C[C@@]43C(=O)O[C@H]4C[C@H](C)[C@@H]5CC(=O)C(C)=C5C[C@@H]43)[C@](C)(O)CC[C@@H]12. The van der Waals surface area contributed by atoms with E-state index in [2.05, 4.69) is 32.6 Å². The molecular weight excluding hydrogens is 456 g/mol. The van der Waals surface area contributed by atoms with Gasteiger partial charge in [0.2, 0.25) is 0 Å². The molecule has 5 aliphatic carbocycles. The predicted molar refractivity (Wildman–Crippen MR) is 130 cm³/mol. The van der Waals surface area contributed by atoms with E-state index in [1.165, 1.54) is 5.57 Å². The van der Waals surface area contributed by atoms with Crippen LogP contribution in [0.5, 0.6) is 0 Å². The first kappa shape index (κ1) is 22.9. The number of carbonyl (C=O) groups excluding carboxylic acids is 3. The Kier molecular flexibility index (Phi) is 4.22. The molecule has 192 valence electrons. The van der Waals surface area contributed by atoms with Crippen LogP contribution in [0.15, 0.2) is 35.5 Å². The molecule has 6 heteroatoms. The fraction of sp³-hybridized carbons (Fsp3) is 0.700. The van der Waals surface area contributed by atoms with Crippen molar-refractivity contribution in [1.29, 1.82) is 0 Å².